The van der Waals surface area contributed by atoms with Gasteiger partial charge in [-0.05, 0) is 0 Å². The van der Waals surface area contributed by atoms with Crippen molar-refractivity contribution in [1.29, 1.82) is 0 Å². The van der Waals surface area contributed by atoms with Gasteiger partial charge in [0.1, 0.15) is 0 Å². The molecule has 62 valence electrons. The Hall–Kier alpha value is -0.320. The molecule has 0 aromatic rings. The van der Waals surface area contributed by atoms with Crippen molar-refractivity contribution in [3.05, 3.63) is 0 Å². The van der Waals surface area contributed by atoms with Crippen LogP contribution in [0.3, 0.4) is 0 Å². The molecule has 0 aromatic heterocycles. The fourth-order valence-corrected chi connectivity index (χ4v) is 0.189. The minimum absolute atomic E-state index is 1.94. The van der Waals surface area contributed by atoms with Crippen molar-refractivity contribution < 1.29 is 40.3 Å². The summed E-state index contributed by atoms with van der Waals surface area (Å²) in [6.07, 6.45) is 0. The molecule has 0 heterocycles. The van der Waals surface area contributed by atoms with E-state index in [1.54, 1.807) is 0 Å². The highest BCUT2D eigenvalue weighted by Crippen LogP contribution is 1.96. The van der Waals surface area contributed by atoms with Gasteiger partial charge in [0.25, 0.3) is 0 Å². The third-order valence-corrected chi connectivity index (χ3v) is 0.490. The Labute approximate surface area is 54.5 Å². The van der Waals surface area contributed by atoms with Gasteiger partial charge in [-0.3, -0.25) is 4.74 Å². The molecule has 1 unspecified atom stereocenters. The van der Waals surface area contributed by atoms with E-state index >= 15 is 0 Å². The van der Waals surface area contributed by atoms with E-state index in [4.69, 9.17) is 20.9 Å². The second kappa shape index (κ2) is 5.46. The zero-order valence-electron chi connectivity index (χ0n) is 4.58. The van der Waals surface area contributed by atoms with Gasteiger partial charge in [0.2, 0.25) is 0 Å². The lowest BCUT2D eigenvalue weighted by Gasteiger charge is -2.12. The molecule has 4 N–H and O–H groups in total. The maximum absolute atomic E-state index is 8.21. The zero-order valence-corrected chi connectivity index (χ0v) is 4.58. The monoisotopic (exact) mass is 158 g/mol. The summed E-state index contributed by atoms with van der Waals surface area (Å²) >= 11 is 0. The Morgan fingerprint density at radius 2 is 1.40 bits per heavy atom. The molecule has 0 bridgehead atoms. The maximum Gasteiger partial charge on any atom is 0.332 e. The molecule has 8 nitrogen and oxygen atoms in total. The standard InChI is InChI=1S/C2H6O8/c3-1(8-4)7-2(9-5)10-6/h1-6H. The van der Waals surface area contributed by atoms with Crippen LogP contribution < -0.4 is 0 Å². The van der Waals surface area contributed by atoms with Gasteiger partial charge < -0.3 is 5.11 Å². The number of hydrogen-bond donors (Lipinski definition) is 4. The second-order valence-corrected chi connectivity index (χ2v) is 1.05. The van der Waals surface area contributed by atoms with Crippen molar-refractivity contribution in [2.75, 3.05) is 0 Å². The normalized spacial score (nSPS) is 14.1. The molecule has 0 aliphatic carbocycles. The average molecular weight is 158 g/mol. The summed E-state index contributed by atoms with van der Waals surface area (Å²) in [6.45, 7) is -4.02. The first kappa shape index (κ1) is 9.68. The van der Waals surface area contributed by atoms with Crippen molar-refractivity contribution in [2.45, 2.75) is 13.0 Å². The van der Waals surface area contributed by atoms with Gasteiger partial charge in [-0.15, -0.1) is 0 Å². The molecule has 0 aliphatic heterocycles. The lowest BCUT2D eigenvalue weighted by Crippen LogP contribution is -2.26. The zero-order chi connectivity index (χ0) is 7.98. The average Bonchev–Trinajstić information content (AvgIpc) is 1.99. The van der Waals surface area contributed by atoms with Crippen LogP contribution in [-0.4, -0.2) is 33.8 Å². The summed E-state index contributed by atoms with van der Waals surface area (Å²) in [4.78, 5) is 9.59. The first-order valence-electron chi connectivity index (χ1n) is 1.98. The third kappa shape index (κ3) is 3.66. The maximum atomic E-state index is 8.21. The Kier molecular flexibility index (Phi) is 5.29. The number of aliphatic hydroxyl groups is 1. The van der Waals surface area contributed by atoms with Crippen LogP contribution in [0, 0.1) is 0 Å². The van der Waals surface area contributed by atoms with E-state index < -0.39 is 13.0 Å². The molecule has 1 atom stereocenters. The molecule has 0 saturated heterocycles. The number of aliphatic hydroxyl groups excluding tert-OH is 1. The molecule has 0 spiro atoms. The molecular formula is C2H6O8. The van der Waals surface area contributed by atoms with Crippen LogP contribution in [0.5, 0.6) is 0 Å². The van der Waals surface area contributed by atoms with Crippen molar-refractivity contribution in [2.24, 2.45) is 0 Å². The third-order valence-electron chi connectivity index (χ3n) is 0.490. The summed E-state index contributed by atoms with van der Waals surface area (Å²) in [5.41, 5.74) is 0. The van der Waals surface area contributed by atoms with Crippen LogP contribution in [0.15, 0.2) is 0 Å². The highest BCUT2D eigenvalue weighted by molar-refractivity contribution is 4.10. The Morgan fingerprint density at radius 1 is 0.900 bits per heavy atom. The molecule has 0 rings (SSSR count). The summed E-state index contributed by atoms with van der Waals surface area (Å²) in [5.74, 6) is 0. The van der Waals surface area contributed by atoms with Crippen LogP contribution >= 0.6 is 0 Å². The number of ether oxygens (including phenoxy) is 1. The molecule has 0 aliphatic rings. The van der Waals surface area contributed by atoms with Crippen molar-refractivity contribution in [1.82, 2.24) is 0 Å². The largest absolute Gasteiger partial charge is 0.344 e. The van der Waals surface area contributed by atoms with E-state index in [2.05, 4.69) is 19.4 Å². The van der Waals surface area contributed by atoms with E-state index in [9.17, 15) is 0 Å². The summed E-state index contributed by atoms with van der Waals surface area (Å²) < 4.78 is 3.84. The molecule has 0 radical (unpaired) electrons. The van der Waals surface area contributed by atoms with Crippen LogP contribution in [0.2, 0.25) is 0 Å². The second-order valence-electron chi connectivity index (χ2n) is 1.05. The lowest BCUT2D eigenvalue weighted by atomic mass is 11.2. The smallest absolute Gasteiger partial charge is 0.332 e. The summed E-state index contributed by atoms with van der Waals surface area (Å²) in [5, 5.41) is 31.3. The number of hydrogen-bond acceptors (Lipinski definition) is 8. The lowest BCUT2D eigenvalue weighted by molar-refractivity contribution is -0.547. The number of rotatable bonds is 5. The minimum atomic E-state index is -2.08. The highest BCUT2D eigenvalue weighted by Gasteiger charge is 2.15. The molecule has 8 heteroatoms. The van der Waals surface area contributed by atoms with E-state index in [0.29, 0.717) is 0 Å². The van der Waals surface area contributed by atoms with Crippen LogP contribution in [0.4, 0.5) is 0 Å². The van der Waals surface area contributed by atoms with E-state index in [0.717, 1.165) is 0 Å². The molecular weight excluding hydrogens is 152 g/mol. The van der Waals surface area contributed by atoms with Crippen molar-refractivity contribution in [3.63, 3.8) is 0 Å². The fourth-order valence-electron chi connectivity index (χ4n) is 0.189. The minimum Gasteiger partial charge on any atom is -0.344 e. The molecule has 10 heavy (non-hydrogen) atoms. The van der Waals surface area contributed by atoms with Crippen molar-refractivity contribution in [3.8, 4) is 0 Å². The predicted octanol–water partition coefficient (Wildman–Crippen LogP) is -0.969. The quantitative estimate of drug-likeness (QED) is 0.229. The first-order valence-corrected chi connectivity index (χ1v) is 1.98. The molecule has 0 amide bonds. The van der Waals surface area contributed by atoms with Crippen molar-refractivity contribution >= 4 is 0 Å². The van der Waals surface area contributed by atoms with Gasteiger partial charge >= 0.3 is 13.0 Å². The molecule has 0 aromatic carbocycles. The first-order chi connectivity index (χ1) is 4.74. The van der Waals surface area contributed by atoms with Gasteiger partial charge in [-0.2, -0.15) is 14.7 Å². The predicted molar refractivity (Wildman–Crippen MR) is 22.0 cm³/mol. The molecule has 0 saturated carbocycles. The van der Waals surface area contributed by atoms with Gasteiger partial charge in [-0.1, -0.05) is 0 Å². The Morgan fingerprint density at radius 3 is 1.70 bits per heavy atom. The SMILES string of the molecule is OOC(O)OC(OO)OO. The fraction of sp³-hybridized carbons (Fsp3) is 1.00. The molecule has 0 fully saturated rings. The van der Waals surface area contributed by atoms with Crippen LogP contribution in [0.25, 0.3) is 0 Å². The topological polar surface area (TPSA) is 118 Å². The summed E-state index contributed by atoms with van der Waals surface area (Å²) in [7, 11) is 0. The van der Waals surface area contributed by atoms with E-state index in [1.165, 1.54) is 0 Å². The Balaban J connectivity index is 3.41. The van der Waals surface area contributed by atoms with Gasteiger partial charge in [-0.25, -0.2) is 15.8 Å². The highest BCUT2D eigenvalue weighted by atomic mass is 17.3. The summed E-state index contributed by atoms with van der Waals surface area (Å²) in [6, 6.07) is 0. The van der Waals surface area contributed by atoms with E-state index in [1.807, 2.05) is 0 Å². The van der Waals surface area contributed by atoms with Gasteiger partial charge in [0, 0.05) is 0 Å². The van der Waals surface area contributed by atoms with Gasteiger partial charge in [0.05, 0.1) is 0 Å². The van der Waals surface area contributed by atoms with E-state index in [-0.39, 0.29) is 0 Å². The van der Waals surface area contributed by atoms with Crippen LogP contribution in [0.1, 0.15) is 0 Å². The Bertz CT molecular complexity index is 69.7. The van der Waals surface area contributed by atoms with Gasteiger partial charge in [0.15, 0.2) is 0 Å². The van der Waals surface area contributed by atoms with Crippen LogP contribution in [-0.2, 0) is 19.4 Å².